The predicted molar refractivity (Wildman–Crippen MR) is 96.1 cm³/mol. The maximum Gasteiger partial charge on any atom is 0.191 e. The Morgan fingerprint density at radius 2 is 1.80 bits per heavy atom. The van der Waals surface area contributed by atoms with Crippen molar-refractivity contribution in [2.75, 3.05) is 26.7 Å². The van der Waals surface area contributed by atoms with Crippen LogP contribution in [0.2, 0.25) is 0 Å². The number of ether oxygens (including phenoxy) is 1. The molecule has 0 aromatic heterocycles. The van der Waals surface area contributed by atoms with Gasteiger partial charge in [-0.2, -0.15) is 0 Å². The molecule has 4 nitrogen and oxygen atoms in total. The van der Waals surface area contributed by atoms with E-state index in [0.717, 1.165) is 38.2 Å². The summed E-state index contributed by atoms with van der Waals surface area (Å²) in [5.41, 5.74) is 7.22. The Kier molecular flexibility index (Phi) is 10.2. The Morgan fingerprint density at radius 3 is 2.30 bits per heavy atom. The quantitative estimate of drug-likeness (QED) is 0.337. The molecule has 0 spiro atoms. The molecule has 0 bridgehead atoms. The second-order valence-corrected chi connectivity index (χ2v) is 4.36. The summed E-state index contributed by atoms with van der Waals surface area (Å²) < 4.78 is 5.13. The standard InChI is InChI=1S/C15H25N3O.HI/c1-4-18(5-2)15(16)17-12-6-7-13-8-10-14(19-3)11-9-13;/h8-11H,4-7,12H2,1-3H3,(H2,16,17);1H. The monoisotopic (exact) mass is 391 g/mol. The van der Waals surface area contributed by atoms with Gasteiger partial charge in [-0.25, -0.2) is 0 Å². The summed E-state index contributed by atoms with van der Waals surface area (Å²) in [7, 11) is 1.68. The van der Waals surface area contributed by atoms with Crippen molar-refractivity contribution in [3.05, 3.63) is 29.8 Å². The smallest absolute Gasteiger partial charge is 0.191 e. The highest BCUT2D eigenvalue weighted by Gasteiger charge is 2.01. The SMILES string of the molecule is CCN(CC)C(N)=NCCCc1ccc(OC)cc1.I. The highest BCUT2D eigenvalue weighted by molar-refractivity contribution is 14.0. The van der Waals surface area contributed by atoms with Crippen LogP contribution < -0.4 is 10.5 Å². The van der Waals surface area contributed by atoms with Gasteiger partial charge in [0.2, 0.25) is 0 Å². The molecular weight excluding hydrogens is 365 g/mol. The van der Waals surface area contributed by atoms with Gasteiger partial charge in [0, 0.05) is 19.6 Å². The first-order chi connectivity index (χ1) is 9.21. The Morgan fingerprint density at radius 1 is 1.20 bits per heavy atom. The highest BCUT2D eigenvalue weighted by atomic mass is 127. The molecule has 20 heavy (non-hydrogen) atoms. The van der Waals surface area contributed by atoms with E-state index in [9.17, 15) is 0 Å². The van der Waals surface area contributed by atoms with Crippen LogP contribution in [-0.2, 0) is 6.42 Å². The van der Waals surface area contributed by atoms with E-state index in [-0.39, 0.29) is 24.0 Å². The number of aliphatic imine (C=N–C) groups is 1. The minimum atomic E-state index is 0. The predicted octanol–water partition coefficient (Wildman–Crippen LogP) is 2.90. The van der Waals surface area contributed by atoms with Crippen LogP contribution in [0.3, 0.4) is 0 Å². The molecule has 1 aromatic rings. The first-order valence-electron chi connectivity index (χ1n) is 6.89. The summed E-state index contributed by atoms with van der Waals surface area (Å²) in [4.78, 5) is 6.47. The summed E-state index contributed by atoms with van der Waals surface area (Å²) in [6.45, 7) is 6.76. The van der Waals surface area contributed by atoms with E-state index in [1.54, 1.807) is 7.11 Å². The second-order valence-electron chi connectivity index (χ2n) is 4.36. The fraction of sp³-hybridized carbons (Fsp3) is 0.533. The van der Waals surface area contributed by atoms with Crippen LogP contribution >= 0.6 is 24.0 Å². The van der Waals surface area contributed by atoms with Crippen LogP contribution in [0.25, 0.3) is 0 Å². The number of benzene rings is 1. The van der Waals surface area contributed by atoms with Gasteiger partial charge in [-0.3, -0.25) is 4.99 Å². The van der Waals surface area contributed by atoms with Crippen molar-refractivity contribution < 1.29 is 4.74 Å². The molecule has 0 saturated carbocycles. The lowest BCUT2D eigenvalue weighted by atomic mass is 10.1. The second kappa shape index (κ2) is 10.8. The minimum Gasteiger partial charge on any atom is -0.497 e. The molecule has 0 fully saturated rings. The molecule has 0 unspecified atom stereocenters. The van der Waals surface area contributed by atoms with E-state index in [0.29, 0.717) is 5.96 Å². The van der Waals surface area contributed by atoms with Crippen molar-refractivity contribution in [3.63, 3.8) is 0 Å². The normalized spacial score (nSPS) is 10.8. The molecule has 2 N–H and O–H groups in total. The molecule has 0 aliphatic carbocycles. The van der Waals surface area contributed by atoms with Gasteiger partial charge in [0.1, 0.15) is 5.75 Å². The van der Waals surface area contributed by atoms with Crippen molar-refractivity contribution in [2.24, 2.45) is 10.7 Å². The molecule has 1 aromatic carbocycles. The fourth-order valence-electron chi connectivity index (χ4n) is 1.92. The number of nitrogens with two attached hydrogens (primary N) is 1. The molecule has 0 amide bonds. The number of methoxy groups -OCH3 is 1. The first-order valence-corrected chi connectivity index (χ1v) is 6.89. The summed E-state index contributed by atoms with van der Waals surface area (Å²) in [5.74, 6) is 1.55. The number of nitrogens with zero attached hydrogens (tertiary/aromatic N) is 2. The molecule has 0 heterocycles. The van der Waals surface area contributed by atoms with Crippen LogP contribution in [0.15, 0.2) is 29.3 Å². The Bertz CT molecular complexity index is 389. The third kappa shape index (κ3) is 6.45. The number of guanidine groups is 1. The lowest BCUT2D eigenvalue weighted by molar-refractivity contribution is 0.414. The molecule has 5 heteroatoms. The number of rotatable bonds is 7. The van der Waals surface area contributed by atoms with Gasteiger partial charge < -0.3 is 15.4 Å². The van der Waals surface area contributed by atoms with E-state index in [2.05, 4.69) is 35.9 Å². The highest BCUT2D eigenvalue weighted by Crippen LogP contribution is 2.12. The van der Waals surface area contributed by atoms with Gasteiger partial charge in [-0.15, -0.1) is 24.0 Å². The van der Waals surface area contributed by atoms with Crippen LogP contribution in [0.1, 0.15) is 25.8 Å². The van der Waals surface area contributed by atoms with Gasteiger partial charge in [-0.05, 0) is 44.4 Å². The van der Waals surface area contributed by atoms with Crippen molar-refractivity contribution >= 4 is 29.9 Å². The van der Waals surface area contributed by atoms with Crippen molar-refractivity contribution in [2.45, 2.75) is 26.7 Å². The zero-order valence-electron chi connectivity index (χ0n) is 12.6. The summed E-state index contributed by atoms with van der Waals surface area (Å²) in [5, 5.41) is 0. The molecular formula is C15H26IN3O. The van der Waals surface area contributed by atoms with Gasteiger partial charge in [0.05, 0.1) is 7.11 Å². The van der Waals surface area contributed by atoms with E-state index in [1.165, 1.54) is 5.56 Å². The Balaban J connectivity index is 0.00000361. The first kappa shape index (κ1) is 19.0. The molecule has 114 valence electrons. The topological polar surface area (TPSA) is 50.8 Å². The van der Waals surface area contributed by atoms with Gasteiger partial charge in [-0.1, -0.05) is 12.1 Å². The average Bonchev–Trinajstić information content (AvgIpc) is 2.45. The third-order valence-electron chi connectivity index (χ3n) is 3.14. The van der Waals surface area contributed by atoms with E-state index in [4.69, 9.17) is 10.5 Å². The van der Waals surface area contributed by atoms with E-state index in [1.807, 2.05) is 12.1 Å². The van der Waals surface area contributed by atoms with E-state index >= 15 is 0 Å². The minimum absolute atomic E-state index is 0. The Labute approximate surface area is 139 Å². The average molecular weight is 391 g/mol. The lowest BCUT2D eigenvalue weighted by Gasteiger charge is -2.19. The van der Waals surface area contributed by atoms with Gasteiger partial charge >= 0.3 is 0 Å². The lowest BCUT2D eigenvalue weighted by Crippen LogP contribution is -2.37. The molecule has 0 aliphatic heterocycles. The van der Waals surface area contributed by atoms with Crippen LogP contribution in [0.4, 0.5) is 0 Å². The van der Waals surface area contributed by atoms with Crippen LogP contribution in [0, 0.1) is 0 Å². The Hall–Kier alpha value is -0.980. The van der Waals surface area contributed by atoms with Crippen molar-refractivity contribution in [1.82, 2.24) is 4.90 Å². The van der Waals surface area contributed by atoms with Crippen LogP contribution in [0.5, 0.6) is 5.75 Å². The maximum absolute atomic E-state index is 5.92. The molecule has 0 radical (unpaired) electrons. The summed E-state index contributed by atoms with van der Waals surface area (Å²) in [6.07, 6.45) is 2.02. The number of halogens is 1. The largest absolute Gasteiger partial charge is 0.497 e. The molecule has 0 saturated heterocycles. The van der Waals surface area contributed by atoms with Crippen molar-refractivity contribution in [1.29, 1.82) is 0 Å². The number of hydrogen-bond acceptors (Lipinski definition) is 2. The number of aryl methyl sites for hydroxylation is 1. The molecule has 1 rings (SSSR count). The van der Waals surface area contributed by atoms with E-state index < -0.39 is 0 Å². The van der Waals surface area contributed by atoms with Crippen molar-refractivity contribution in [3.8, 4) is 5.75 Å². The van der Waals surface area contributed by atoms with Crippen LogP contribution in [-0.4, -0.2) is 37.6 Å². The van der Waals surface area contributed by atoms with Gasteiger partial charge in [0.15, 0.2) is 5.96 Å². The zero-order chi connectivity index (χ0) is 14.1. The maximum atomic E-state index is 5.92. The summed E-state index contributed by atoms with van der Waals surface area (Å²) in [6, 6.07) is 8.16. The molecule has 0 atom stereocenters. The fourth-order valence-corrected chi connectivity index (χ4v) is 1.92. The zero-order valence-corrected chi connectivity index (χ0v) is 15.0. The summed E-state index contributed by atoms with van der Waals surface area (Å²) >= 11 is 0. The number of hydrogen-bond donors (Lipinski definition) is 1. The molecule has 0 aliphatic rings. The third-order valence-corrected chi connectivity index (χ3v) is 3.14. The van der Waals surface area contributed by atoms with Gasteiger partial charge in [0.25, 0.3) is 0 Å².